The Bertz CT molecular complexity index is 5970. The maximum absolute atomic E-state index is 13.6. The first-order chi connectivity index (χ1) is 59.1. The molecule has 0 unspecified atom stereocenters. The number of amides is 4. The molecule has 4 amide bonds. The second kappa shape index (κ2) is 40.5. The van der Waals surface area contributed by atoms with Crippen LogP contribution in [0.3, 0.4) is 0 Å². The molecule has 24 nitrogen and oxygen atoms in total. The van der Waals surface area contributed by atoms with Gasteiger partial charge in [0.15, 0.2) is 28.8 Å². The molecular weight excluding hydrogens is 1680 g/mol. The van der Waals surface area contributed by atoms with Crippen LogP contribution in [-0.2, 0) is 46.7 Å². The Hall–Kier alpha value is -14.1. The van der Waals surface area contributed by atoms with Crippen molar-refractivity contribution in [2.24, 2.45) is 28.2 Å². The number of alkyl halides is 9. The lowest BCUT2D eigenvalue weighted by atomic mass is 10.0. The van der Waals surface area contributed by atoms with Crippen molar-refractivity contribution in [2.45, 2.75) is 126 Å². The summed E-state index contributed by atoms with van der Waals surface area (Å²) in [6.45, 7) is 20.1. The van der Waals surface area contributed by atoms with Crippen molar-refractivity contribution < 1.29 is 101 Å². The molecule has 0 saturated carbocycles. The molecule has 0 aliphatic heterocycles. The molecule has 12 aromatic rings. The van der Waals surface area contributed by atoms with Gasteiger partial charge in [-0.3, -0.25) is 38.4 Å². The van der Waals surface area contributed by atoms with Gasteiger partial charge in [0.05, 0.1) is 57.4 Å². The zero-order chi connectivity index (χ0) is 92.9. The summed E-state index contributed by atoms with van der Waals surface area (Å²) >= 11 is 6.05. The van der Waals surface area contributed by atoms with E-state index >= 15 is 0 Å². The molecule has 0 saturated heterocycles. The van der Waals surface area contributed by atoms with Crippen molar-refractivity contribution in [3.05, 3.63) is 305 Å². The number of ether oxygens (including phenoxy) is 4. The molecule has 0 fully saturated rings. The largest absolute Gasteiger partial charge is 0.438 e. The van der Waals surface area contributed by atoms with Crippen LogP contribution in [0.4, 0.5) is 43.9 Å². The number of aromatic nitrogens is 8. The fraction of sp³-hybridized carbons (Fsp3) is 0.253. The Morgan fingerprint density at radius 3 is 0.857 bits per heavy atom. The summed E-state index contributed by atoms with van der Waals surface area (Å²) in [5, 5.41) is 27.5. The summed E-state index contributed by atoms with van der Waals surface area (Å²) in [5.74, 6) is -2.11. The molecule has 660 valence electrons. The van der Waals surface area contributed by atoms with Gasteiger partial charge in [-0.1, -0.05) is 126 Å². The maximum atomic E-state index is 13.6. The van der Waals surface area contributed by atoms with Gasteiger partial charge in [0.25, 0.3) is 23.6 Å². The predicted molar refractivity (Wildman–Crippen MR) is 447 cm³/mol. The fourth-order valence-electron chi connectivity index (χ4n) is 12.5. The number of nitrogens with one attached hydrogen (secondary N) is 4. The van der Waals surface area contributed by atoms with Crippen molar-refractivity contribution in [2.75, 3.05) is 0 Å². The first kappa shape index (κ1) is 95.8. The molecule has 8 aromatic carbocycles. The molecule has 0 aliphatic carbocycles. The number of nitrogens with zero attached hydrogens (tertiary/aromatic N) is 8. The molecule has 12 rings (SSSR count). The number of carbonyl (C=O) groups is 8. The van der Waals surface area contributed by atoms with Crippen LogP contribution in [0.15, 0.2) is 188 Å². The highest BCUT2D eigenvalue weighted by Gasteiger charge is 2.43. The third kappa shape index (κ3) is 24.5. The highest BCUT2D eigenvalue weighted by Crippen LogP contribution is 2.41. The highest BCUT2D eigenvalue weighted by atomic mass is 35.5. The number of benzene rings is 8. The highest BCUT2D eigenvalue weighted by molar-refractivity contribution is 6.32. The molecule has 126 heavy (non-hydrogen) atoms. The first-order valence-corrected chi connectivity index (χ1v) is 39.0. The average Bonchev–Trinajstić information content (AvgIpc) is 1.62. The zero-order valence-corrected chi connectivity index (χ0v) is 71.6. The molecule has 0 radical (unpaired) electrons. The normalized spacial score (nSPS) is 12.2. The number of hydrogen-bond acceptors (Lipinski definition) is 16. The Labute approximate surface area is 722 Å². The Kier molecular flexibility index (Phi) is 30.8. The predicted octanol–water partition coefficient (Wildman–Crippen LogP) is 20.7. The van der Waals surface area contributed by atoms with E-state index in [0.29, 0.717) is 78.9 Å². The van der Waals surface area contributed by atoms with Crippen LogP contribution in [-0.4, -0.2) is 85.9 Å². The van der Waals surface area contributed by atoms with Gasteiger partial charge in [0.2, 0.25) is 23.5 Å². The number of rotatable bonds is 24. The van der Waals surface area contributed by atoms with Gasteiger partial charge in [-0.25, -0.2) is 23.1 Å². The van der Waals surface area contributed by atoms with Crippen LogP contribution >= 0.6 is 11.6 Å². The molecule has 0 bridgehead atoms. The third-order valence-corrected chi connectivity index (χ3v) is 19.8. The van der Waals surface area contributed by atoms with E-state index in [1.165, 1.54) is 80.4 Å². The van der Waals surface area contributed by atoms with Crippen LogP contribution < -0.4 is 40.2 Å². The van der Waals surface area contributed by atoms with Crippen molar-refractivity contribution in [1.29, 1.82) is 0 Å². The van der Waals surface area contributed by atoms with Crippen LogP contribution in [0.2, 0.25) is 5.02 Å². The number of aryl methyl sites for hydroxylation is 8. The first-order valence-electron chi connectivity index (χ1n) is 38.6. The molecule has 4 atom stereocenters. The Morgan fingerprint density at radius 2 is 0.595 bits per heavy atom. The summed E-state index contributed by atoms with van der Waals surface area (Å²) in [4.78, 5) is 97.7. The molecule has 4 aromatic heterocycles. The van der Waals surface area contributed by atoms with Gasteiger partial charge in [-0.05, 0) is 184 Å². The van der Waals surface area contributed by atoms with E-state index in [9.17, 15) is 82.3 Å². The maximum Gasteiger partial charge on any atom is 0.436 e. The van der Waals surface area contributed by atoms with E-state index in [4.69, 9.17) is 30.5 Å². The van der Waals surface area contributed by atoms with Crippen molar-refractivity contribution in [3.63, 3.8) is 0 Å². The van der Waals surface area contributed by atoms with E-state index in [1.54, 1.807) is 126 Å². The molecule has 4 N–H and O–H groups in total. The molecule has 4 heterocycles. The Balaban J connectivity index is 0.000000190. The topological polar surface area (TPSA) is 293 Å². The average molecular weight is 1770 g/mol. The number of hydrogen-bond donors (Lipinski definition) is 4. The number of carbonyl (C=O) groups excluding carboxylic acids is 8. The van der Waals surface area contributed by atoms with Gasteiger partial charge < -0.3 is 40.2 Å². The van der Waals surface area contributed by atoms with Crippen molar-refractivity contribution in [3.8, 4) is 46.5 Å². The number of halogens is 11. The van der Waals surface area contributed by atoms with E-state index in [1.807, 2.05) is 57.2 Å². The lowest BCUT2D eigenvalue weighted by Crippen LogP contribution is -2.28. The summed E-state index contributed by atoms with van der Waals surface area (Å²) in [6.07, 6.45) is -14.1. The minimum atomic E-state index is -5.02. The van der Waals surface area contributed by atoms with Crippen LogP contribution in [0, 0.1) is 33.5 Å². The molecule has 0 aliphatic rings. The van der Waals surface area contributed by atoms with Crippen LogP contribution in [0.1, 0.15) is 224 Å². The molecule has 0 spiro atoms. The third-order valence-electron chi connectivity index (χ3n) is 19.5. The minimum absolute atomic E-state index is 0.0112. The van der Waals surface area contributed by atoms with Gasteiger partial charge in [-0.15, -0.1) is 0 Å². The van der Waals surface area contributed by atoms with E-state index < -0.39 is 70.5 Å². The Morgan fingerprint density at radius 1 is 0.341 bits per heavy atom. The monoisotopic (exact) mass is 1760 g/mol. The molecule has 35 heteroatoms. The lowest BCUT2D eigenvalue weighted by molar-refractivity contribution is -0.142. The van der Waals surface area contributed by atoms with E-state index in [0.717, 1.165) is 59.6 Å². The quantitative estimate of drug-likeness (QED) is 0.0323. The summed E-state index contributed by atoms with van der Waals surface area (Å²) in [6, 6.07) is 44.4. The minimum Gasteiger partial charge on any atom is -0.438 e. The van der Waals surface area contributed by atoms with E-state index in [2.05, 4.69) is 41.7 Å². The summed E-state index contributed by atoms with van der Waals surface area (Å²) < 4.78 is 159. The summed E-state index contributed by atoms with van der Waals surface area (Å²) in [5.41, 5.74) is 4.54. The van der Waals surface area contributed by atoms with Gasteiger partial charge in [0, 0.05) is 50.4 Å². The lowest BCUT2D eigenvalue weighted by Gasteiger charge is -2.16. The SMILES string of the molecule is CC(=O)c1ccc([C@H](C)NC(=O)c2c(C(F)(F)F)nn(C)c2Oc2ccc(C(F)(F)F)cc2)cc1.CC(=O)c1ccc([C@H](C)NC(=O)c2c(C)nn(C)c2Oc2ccc(C(F)(F)F)cc2)cc1.CC(=O)c1ccc([C@H](C)NC(=O)c2c(C)nn(C)c2Oc2ccc(C)cc2)cc1.CC(=O)c1ccc([C@H](C)NC(=O)c2c(C)nn(C)c2Oc2ccc(F)cc2Cl)cc1. The number of Topliss-reactive ketones (excluding diaryl/α,β-unsaturated/α-hetero) is 4. The number of ketones is 4. The zero-order valence-electron chi connectivity index (χ0n) is 70.8. The van der Waals surface area contributed by atoms with Crippen LogP contribution in [0.25, 0.3) is 0 Å². The van der Waals surface area contributed by atoms with Gasteiger partial charge in [0.1, 0.15) is 51.1 Å². The second-order valence-corrected chi connectivity index (χ2v) is 29.6. The van der Waals surface area contributed by atoms with Crippen molar-refractivity contribution >= 4 is 58.4 Å². The smallest absolute Gasteiger partial charge is 0.436 e. The summed E-state index contributed by atoms with van der Waals surface area (Å²) in [7, 11) is 6.07. The molecular formula is C91H87ClF10N12O12. The van der Waals surface area contributed by atoms with Gasteiger partial charge in [-0.2, -0.15) is 59.9 Å². The van der Waals surface area contributed by atoms with Crippen molar-refractivity contribution in [1.82, 2.24) is 60.4 Å². The fourth-order valence-corrected chi connectivity index (χ4v) is 12.7. The van der Waals surface area contributed by atoms with Crippen LogP contribution in [0.5, 0.6) is 46.5 Å². The van der Waals surface area contributed by atoms with Gasteiger partial charge >= 0.3 is 18.5 Å². The second-order valence-electron chi connectivity index (χ2n) is 29.2. The standard InChI is InChI=1S/C23H19F6N3O3.C23H22F3N3O3.C23H25N3O3.C22H21ClFN3O3/c1-12(14-4-6-15(7-5-14)13(2)33)30-20(34)18-19(23(27,28)29)31-32(3)21(18)35-17-10-8-16(9-11-17)22(24,25)26;1-13(16-5-7-17(8-6-16)15(3)30)27-21(31)20-14(2)28-29(4)22(20)32-19-11-9-18(10-12-19)23(24,25)26;1-14-6-12-20(13-7-14)29-23-21(16(3)25-26(23)5)22(28)24-15(2)18-8-10-19(11-9-18)17(4)27;1-12(15-5-7-16(8-6-15)14(3)28)25-21(29)20-13(2)26-27(4)22(20)30-19-10-9-17(24)11-18(19)23/h4-12H,1-3H3,(H,30,34);5-13H,1-4H3,(H,27,31);6-13,15H,1-5H3,(H,24,28);5-12H,1-4H3,(H,25,29)/t12-;13-;15-;12-/m0000/s1. The van der Waals surface area contributed by atoms with E-state index in [-0.39, 0.29) is 98.2 Å².